The van der Waals surface area contributed by atoms with Crippen LogP contribution in [0.15, 0.2) is 30.3 Å². The number of piperidine rings is 1. The molecule has 2 bridgehead atoms. The normalized spacial score (nSPS) is 32.2. The van der Waals surface area contributed by atoms with E-state index < -0.39 is 6.10 Å². The molecule has 4 atom stereocenters. The maximum Gasteiger partial charge on any atom is 0.225 e. The van der Waals surface area contributed by atoms with Gasteiger partial charge in [0.05, 0.1) is 6.10 Å². The van der Waals surface area contributed by atoms with Crippen LogP contribution in [0.4, 0.5) is 0 Å². The number of nitrogens with zero attached hydrogens (tertiary/aromatic N) is 1. The molecule has 3 fully saturated rings. The first-order valence-electron chi connectivity index (χ1n) is 9.24. The van der Waals surface area contributed by atoms with Crippen molar-refractivity contribution in [1.29, 1.82) is 0 Å². The van der Waals surface area contributed by atoms with Gasteiger partial charge in [0.2, 0.25) is 5.91 Å². The van der Waals surface area contributed by atoms with Crippen molar-refractivity contribution in [3.63, 3.8) is 0 Å². The number of rotatable bonds is 3. The summed E-state index contributed by atoms with van der Waals surface area (Å²) in [5.41, 5.74) is 1.00. The molecule has 1 saturated heterocycles. The lowest BCUT2D eigenvalue weighted by molar-refractivity contribution is -0.139. The van der Waals surface area contributed by atoms with Crippen molar-refractivity contribution in [3.8, 4) is 0 Å². The Morgan fingerprint density at radius 1 is 1.04 bits per heavy atom. The van der Waals surface area contributed by atoms with Crippen molar-refractivity contribution in [2.45, 2.75) is 44.6 Å². The highest BCUT2D eigenvalue weighted by Crippen LogP contribution is 2.49. The average Bonchev–Trinajstić information content (AvgIpc) is 3.25. The van der Waals surface area contributed by atoms with Gasteiger partial charge in [0.15, 0.2) is 0 Å². The summed E-state index contributed by atoms with van der Waals surface area (Å²) >= 11 is 0. The molecule has 1 amide bonds. The first-order chi connectivity index (χ1) is 11.2. The fraction of sp³-hybridized carbons (Fsp3) is 0.650. The molecule has 0 aromatic heterocycles. The topological polar surface area (TPSA) is 40.5 Å². The minimum atomic E-state index is -0.393. The Hall–Kier alpha value is -1.35. The number of aliphatic hydroxyl groups is 1. The fourth-order valence-corrected chi connectivity index (χ4v) is 5.14. The number of benzene rings is 1. The van der Waals surface area contributed by atoms with Gasteiger partial charge in [0.1, 0.15) is 0 Å². The van der Waals surface area contributed by atoms with Crippen LogP contribution in [0, 0.1) is 23.7 Å². The van der Waals surface area contributed by atoms with Crippen LogP contribution in [-0.4, -0.2) is 29.0 Å². The number of carbonyl (C=O) groups is 1. The Morgan fingerprint density at radius 2 is 1.78 bits per heavy atom. The summed E-state index contributed by atoms with van der Waals surface area (Å²) in [5.74, 6) is 2.49. The third-order valence-electron chi connectivity index (χ3n) is 6.49. The van der Waals surface area contributed by atoms with Gasteiger partial charge in [-0.05, 0) is 55.4 Å². The lowest BCUT2D eigenvalue weighted by atomic mass is 9.85. The smallest absolute Gasteiger partial charge is 0.225 e. The number of hydrogen-bond donors (Lipinski definition) is 1. The second kappa shape index (κ2) is 6.27. The monoisotopic (exact) mass is 313 g/mol. The van der Waals surface area contributed by atoms with Crippen LogP contribution in [0.1, 0.15) is 50.2 Å². The van der Waals surface area contributed by atoms with Crippen molar-refractivity contribution in [3.05, 3.63) is 35.9 Å². The van der Waals surface area contributed by atoms with Gasteiger partial charge in [0.25, 0.3) is 0 Å². The van der Waals surface area contributed by atoms with Crippen molar-refractivity contribution in [2.24, 2.45) is 23.7 Å². The minimum Gasteiger partial charge on any atom is -0.388 e. The van der Waals surface area contributed by atoms with Gasteiger partial charge >= 0.3 is 0 Å². The molecule has 4 rings (SSSR count). The lowest BCUT2D eigenvalue weighted by Gasteiger charge is -2.37. The van der Waals surface area contributed by atoms with E-state index in [0.717, 1.165) is 43.8 Å². The summed E-state index contributed by atoms with van der Waals surface area (Å²) in [4.78, 5) is 14.9. The summed E-state index contributed by atoms with van der Waals surface area (Å²) in [7, 11) is 0. The molecule has 1 aromatic carbocycles. The second-order valence-electron chi connectivity index (χ2n) is 7.80. The van der Waals surface area contributed by atoms with Crippen LogP contribution >= 0.6 is 0 Å². The van der Waals surface area contributed by atoms with E-state index in [9.17, 15) is 9.90 Å². The van der Waals surface area contributed by atoms with E-state index >= 15 is 0 Å². The van der Waals surface area contributed by atoms with E-state index in [4.69, 9.17) is 0 Å². The second-order valence-corrected chi connectivity index (χ2v) is 7.80. The predicted octanol–water partition coefficient (Wildman–Crippen LogP) is 3.39. The van der Waals surface area contributed by atoms with Gasteiger partial charge < -0.3 is 10.0 Å². The molecule has 3 aliphatic rings. The number of amides is 1. The molecular weight excluding hydrogens is 286 g/mol. The van der Waals surface area contributed by atoms with Crippen molar-refractivity contribution >= 4 is 5.91 Å². The molecule has 0 spiro atoms. The van der Waals surface area contributed by atoms with E-state index in [0.29, 0.717) is 17.7 Å². The number of likely N-dealkylation sites (tertiary alicyclic amines) is 1. The van der Waals surface area contributed by atoms with Crippen LogP contribution in [0.2, 0.25) is 0 Å². The van der Waals surface area contributed by atoms with Crippen LogP contribution in [0.5, 0.6) is 0 Å². The Morgan fingerprint density at radius 3 is 2.39 bits per heavy atom. The standard InChI is InChI=1S/C20H27NO2/c22-19(15-4-2-1-3-5-15)16-8-10-21(11-9-16)20(23)18-13-14-6-7-17(18)12-14/h1-5,14,16-19,22H,6-13H2/t14-,17-,18+,19+/m0/s1. The molecule has 0 radical (unpaired) electrons. The van der Waals surface area contributed by atoms with Gasteiger partial charge in [-0.2, -0.15) is 0 Å². The molecule has 3 heteroatoms. The minimum absolute atomic E-state index is 0.279. The van der Waals surface area contributed by atoms with Crippen molar-refractivity contribution in [2.75, 3.05) is 13.1 Å². The molecule has 3 nitrogen and oxygen atoms in total. The zero-order valence-corrected chi connectivity index (χ0v) is 13.7. The molecule has 2 aliphatic carbocycles. The zero-order chi connectivity index (χ0) is 15.8. The van der Waals surface area contributed by atoms with Crippen LogP contribution in [0.3, 0.4) is 0 Å². The molecule has 1 aliphatic heterocycles. The Balaban J connectivity index is 1.33. The van der Waals surface area contributed by atoms with Crippen LogP contribution in [0.25, 0.3) is 0 Å². The highest BCUT2D eigenvalue weighted by Gasteiger charge is 2.44. The number of fused-ring (bicyclic) bond motifs is 2. The Labute approximate surface area is 138 Å². The summed E-state index contributed by atoms with van der Waals surface area (Å²) in [6.07, 6.45) is 6.49. The number of hydrogen-bond acceptors (Lipinski definition) is 2. The molecule has 1 aromatic rings. The SMILES string of the molecule is O=C([C@@H]1C[C@H]2CC[C@H]1C2)N1CCC([C@H](O)c2ccccc2)CC1. The first-order valence-corrected chi connectivity index (χ1v) is 9.24. The summed E-state index contributed by atoms with van der Waals surface area (Å²) in [6, 6.07) is 9.93. The van der Waals surface area contributed by atoms with Gasteiger partial charge in [-0.1, -0.05) is 36.8 Å². The molecule has 0 unspecified atom stereocenters. The van der Waals surface area contributed by atoms with E-state index in [-0.39, 0.29) is 5.92 Å². The van der Waals surface area contributed by atoms with Gasteiger partial charge in [-0.15, -0.1) is 0 Å². The lowest BCUT2D eigenvalue weighted by Crippen LogP contribution is -2.43. The van der Waals surface area contributed by atoms with Crippen molar-refractivity contribution < 1.29 is 9.90 Å². The fourth-order valence-electron chi connectivity index (χ4n) is 5.14. The molecular formula is C20H27NO2. The highest BCUT2D eigenvalue weighted by atomic mass is 16.3. The van der Waals surface area contributed by atoms with Gasteiger partial charge in [-0.3, -0.25) is 4.79 Å². The average molecular weight is 313 g/mol. The van der Waals surface area contributed by atoms with E-state index in [2.05, 4.69) is 4.90 Å². The van der Waals surface area contributed by atoms with Crippen molar-refractivity contribution in [1.82, 2.24) is 4.90 Å². The Bertz CT molecular complexity index is 550. The number of carbonyl (C=O) groups excluding carboxylic acids is 1. The van der Waals surface area contributed by atoms with Gasteiger partial charge in [-0.25, -0.2) is 0 Å². The molecule has 23 heavy (non-hydrogen) atoms. The van der Waals surface area contributed by atoms with Gasteiger partial charge in [0, 0.05) is 19.0 Å². The summed E-state index contributed by atoms with van der Waals surface area (Å²) in [5, 5.41) is 10.6. The van der Waals surface area contributed by atoms with Crippen LogP contribution < -0.4 is 0 Å². The third-order valence-corrected chi connectivity index (χ3v) is 6.49. The number of aliphatic hydroxyl groups excluding tert-OH is 1. The first kappa shape index (κ1) is 15.2. The van der Waals surface area contributed by atoms with E-state index in [1.54, 1.807) is 0 Å². The summed E-state index contributed by atoms with van der Waals surface area (Å²) in [6.45, 7) is 1.64. The van der Waals surface area contributed by atoms with Crippen LogP contribution in [-0.2, 0) is 4.79 Å². The zero-order valence-electron chi connectivity index (χ0n) is 13.7. The third kappa shape index (κ3) is 2.91. The maximum atomic E-state index is 12.8. The van der Waals surface area contributed by atoms with E-state index in [1.807, 2.05) is 30.3 Å². The largest absolute Gasteiger partial charge is 0.388 e. The molecule has 1 N–H and O–H groups in total. The van der Waals surface area contributed by atoms with E-state index in [1.165, 1.54) is 19.3 Å². The maximum absolute atomic E-state index is 12.8. The molecule has 124 valence electrons. The quantitative estimate of drug-likeness (QED) is 0.929. The molecule has 2 saturated carbocycles. The molecule has 1 heterocycles. The summed E-state index contributed by atoms with van der Waals surface area (Å²) < 4.78 is 0. The predicted molar refractivity (Wildman–Crippen MR) is 89.6 cm³/mol. The Kier molecular flexibility index (Phi) is 4.14. The highest BCUT2D eigenvalue weighted by molar-refractivity contribution is 5.79.